The normalized spacial score (nSPS) is 26.2. The number of rotatable bonds is 6. The number of nitrogens with zero attached hydrogens (tertiary/aromatic N) is 6. The van der Waals surface area contributed by atoms with Gasteiger partial charge < -0.3 is 14.4 Å². The number of alkyl halides is 1. The van der Waals surface area contributed by atoms with E-state index < -0.39 is 6.17 Å². The van der Waals surface area contributed by atoms with Gasteiger partial charge in [0.15, 0.2) is 5.82 Å². The van der Waals surface area contributed by atoms with Gasteiger partial charge in [0.1, 0.15) is 17.8 Å². The first-order chi connectivity index (χ1) is 17.4. The van der Waals surface area contributed by atoms with Crippen LogP contribution in [-0.4, -0.2) is 88.6 Å². The van der Waals surface area contributed by atoms with Gasteiger partial charge in [-0.1, -0.05) is 0 Å². The van der Waals surface area contributed by atoms with Crippen molar-refractivity contribution >= 4 is 22.5 Å². The van der Waals surface area contributed by atoms with Crippen LogP contribution in [0, 0.1) is 6.92 Å². The molecule has 36 heavy (non-hydrogen) atoms. The minimum atomic E-state index is -1.04. The van der Waals surface area contributed by atoms with Crippen LogP contribution in [0.15, 0.2) is 24.4 Å². The second kappa shape index (κ2) is 9.08. The number of ether oxygens (including phenoxy) is 2. The smallest absolute Gasteiger partial charge is 0.320 e. The highest BCUT2D eigenvalue weighted by molar-refractivity contribution is 5.82. The number of morpholine rings is 1. The van der Waals surface area contributed by atoms with Crippen molar-refractivity contribution in [1.29, 1.82) is 0 Å². The number of hydrogen-bond donors (Lipinski definition) is 0. The van der Waals surface area contributed by atoms with Gasteiger partial charge in [0.25, 0.3) is 0 Å². The summed E-state index contributed by atoms with van der Waals surface area (Å²) in [5, 5.41) is 5.60. The Hall–Kier alpha value is -3.11. The molecule has 1 aromatic carbocycles. The van der Waals surface area contributed by atoms with E-state index in [0.29, 0.717) is 38.0 Å². The molecule has 10 heteroatoms. The third-order valence-electron chi connectivity index (χ3n) is 7.70. The number of benzene rings is 1. The van der Waals surface area contributed by atoms with Crippen LogP contribution < -0.4 is 9.64 Å². The van der Waals surface area contributed by atoms with Gasteiger partial charge in [-0.25, -0.2) is 9.07 Å². The van der Waals surface area contributed by atoms with Crippen LogP contribution in [0.5, 0.6) is 6.01 Å². The first-order valence-electron chi connectivity index (χ1n) is 12.6. The minimum Gasteiger partial charge on any atom is -0.467 e. The number of aromatic nitrogens is 4. The third kappa shape index (κ3) is 4.12. The fraction of sp³-hybridized carbons (Fsp3) is 0.538. The fourth-order valence-corrected chi connectivity index (χ4v) is 5.99. The lowest BCUT2D eigenvalue weighted by Crippen LogP contribution is -2.42. The Morgan fingerprint density at radius 3 is 2.75 bits per heavy atom. The molecule has 9 nitrogen and oxygen atoms in total. The number of fused-ring (bicyclic) bond motifs is 3. The van der Waals surface area contributed by atoms with Gasteiger partial charge in [-0.2, -0.15) is 15.1 Å². The lowest BCUT2D eigenvalue weighted by molar-refractivity contribution is -0.118. The molecule has 2 bridgehead atoms. The Kier molecular flexibility index (Phi) is 5.88. The van der Waals surface area contributed by atoms with Crippen molar-refractivity contribution in [1.82, 2.24) is 24.6 Å². The molecule has 0 N–H and O–H groups in total. The number of ketones is 1. The van der Waals surface area contributed by atoms with Gasteiger partial charge in [0.05, 0.1) is 44.1 Å². The highest BCUT2D eigenvalue weighted by atomic mass is 19.1. The van der Waals surface area contributed by atoms with Gasteiger partial charge in [-0.05, 0) is 56.5 Å². The zero-order valence-corrected chi connectivity index (χ0v) is 20.9. The molecule has 0 saturated carbocycles. The Bertz CT molecular complexity index is 1310. The topological polar surface area (TPSA) is 85.6 Å². The molecule has 3 aliphatic heterocycles. The summed E-state index contributed by atoms with van der Waals surface area (Å²) in [5.74, 6) is 1.25. The quantitative estimate of drug-likeness (QED) is 0.517. The molecule has 3 aliphatic rings. The lowest BCUT2D eigenvalue weighted by Gasteiger charge is -2.35. The summed E-state index contributed by atoms with van der Waals surface area (Å²) in [6, 6.07) is 6.65. The average molecular weight is 495 g/mol. The van der Waals surface area contributed by atoms with Crippen LogP contribution in [0.2, 0.25) is 0 Å². The number of aryl methyl sites for hydroxylation is 1. The standard InChI is InChI=1S/C26H31FN6O3/c1-15-6-17-10-28-33(23(17)8-21(15)20-4-5-31(11-16(2)34)13-22(20)27)25-9-24(29-26(30-25)35-3)32-12-19-7-18(32)14-36-19/h6,8-10,18-20,22H,4-5,7,11-14H2,1-3H3. The summed E-state index contributed by atoms with van der Waals surface area (Å²) in [4.78, 5) is 24.9. The molecule has 4 atom stereocenters. The van der Waals surface area contributed by atoms with Crippen LogP contribution in [0.25, 0.3) is 16.7 Å². The first-order valence-corrected chi connectivity index (χ1v) is 12.6. The van der Waals surface area contributed by atoms with Crippen LogP contribution in [0.3, 0.4) is 0 Å². The molecule has 6 rings (SSSR count). The maximum Gasteiger partial charge on any atom is 0.320 e. The van der Waals surface area contributed by atoms with E-state index in [1.807, 2.05) is 24.1 Å². The van der Waals surface area contributed by atoms with E-state index in [2.05, 4.69) is 32.1 Å². The molecule has 0 aliphatic carbocycles. The number of anilines is 1. The van der Waals surface area contributed by atoms with Crippen molar-refractivity contribution in [3.8, 4) is 11.8 Å². The summed E-state index contributed by atoms with van der Waals surface area (Å²) < 4.78 is 28.3. The van der Waals surface area contributed by atoms with Gasteiger partial charge in [-0.15, -0.1) is 0 Å². The Morgan fingerprint density at radius 1 is 1.22 bits per heavy atom. The van der Waals surface area contributed by atoms with Crippen molar-refractivity contribution in [3.63, 3.8) is 0 Å². The predicted molar refractivity (Wildman–Crippen MR) is 133 cm³/mol. The third-order valence-corrected chi connectivity index (χ3v) is 7.70. The maximum atomic E-state index is 15.3. The Balaban J connectivity index is 1.35. The molecule has 3 aromatic rings. The van der Waals surface area contributed by atoms with E-state index in [0.717, 1.165) is 40.8 Å². The first kappa shape index (κ1) is 23.3. The molecule has 3 saturated heterocycles. The number of halogens is 1. The van der Waals surface area contributed by atoms with E-state index in [-0.39, 0.29) is 30.4 Å². The molecule has 0 radical (unpaired) electrons. The monoisotopic (exact) mass is 494 g/mol. The van der Waals surface area contributed by atoms with E-state index in [1.54, 1.807) is 18.7 Å². The van der Waals surface area contributed by atoms with Gasteiger partial charge in [-0.3, -0.25) is 9.69 Å². The van der Waals surface area contributed by atoms with Crippen LogP contribution in [0.1, 0.15) is 36.8 Å². The van der Waals surface area contributed by atoms with Crippen LogP contribution in [0.4, 0.5) is 10.2 Å². The largest absolute Gasteiger partial charge is 0.467 e. The summed E-state index contributed by atoms with van der Waals surface area (Å²) in [7, 11) is 1.56. The molecular formula is C26H31FN6O3. The van der Waals surface area contributed by atoms with Gasteiger partial charge in [0, 0.05) is 30.5 Å². The van der Waals surface area contributed by atoms with Gasteiger partial charge in [0.2, 0.25) is 0 Å². The fourth-order valence-electron chi connectivity index (χ4n) is 5.99. The summed E-state index contributed by atoms with van der Waals surface area (Å²) in [5.41, 5.74) is 2.89. The highest BCUT2D eigenvalue weighted by Gasteiger charge is 2.40. The molecule has 4 unspecified atom stereocenters. The van der Waals surface area contributed by atoms with E-state index in [1.165, 1.54) is 0 Å². The summed E-state index contributed by atoms with van der Waals surface area (Å²) >= 11 is 0. The Morgan fingerprint density at radius 2 is 2.06 bits per heavy atom. The lowest BCUT2D eigenvalue weighted by atomic mass is 9.85. The molecule has 2 aromatic heterocycles. The summed E-state index contributed by atoms with van der Waals surface area (Å²) in [6.07, 6.45) is 2.69. The molecule has 190 valence electrons. The number of carbonyl (C=O) groups is 1. The van der Waals surface area contributed by atoms with Crippen molar-refractivity contribution in [2.45, 2.75) is 50.9 Å². The second-order valence-corrected chi connectivity index (χ2v) is 10.2. The molecule has 0 spiro atoms. The van der Waals surface area contributed by atoms with E-state index >= 15 is 4.39 Å². The minimum absolute atomic E-state index is 0.0658. The molecule has 3 fully saturated rings. The molecular weight excluding hydrogens is 463 g/mol. The molecule has 0 amide bonds. The van der Waals surface area contributed by atoms with Crippen molar-refractivity contribution in [2.75, 3.05) is 44.8 Å². The summed E-state index contributed by atoms with van der Waals surface area (Å²) in [6.45, 7) is 6.36. The zero-order valence-electron chi connectivity index (χ0n) is 20.9. The highest BCUT2D eigenvalue weighted by Crippen LogP contribution is 2.36. The second-order valence-electron chi connectivity index (χ2n) is 10.2. The number of piperidine rings is 1. The van der Waals surface area contributed by atoms with Crippen LogP contribution >= 0.6 is 0 Å². The SMILES string of the molecule is COc1nc(N2CC3CC2CO3)cc(-n2ncc3cc(C)c(C4CCN(CC(C)=O)CC4F)cc32)n1. The number of carbonyl (C=O) groups excluding carboxylic acids is 1. The van der Waals surface area contributed by atoms with Crippen molar-refractivity contribution < 1.29 is 18.7 Å². The molecule has 5 heterocycles. The van der Waals surface area contributed by atoms with E-state index in [4.69, 9.17) is 9.47 Å². The van der Waals surface area contributed by atoms with Crippen molar-refractivity contribution in [3.05, 3.63) is 35.5 Å². The van der Waals surface area contributed by atoms with Crippen LogP contribution in [-0.2, 0) is 9.53 Å². The predicted octanol–water partition coefficient (Wildman–Crippen LogP) is 2.83. The maximum absolute atomic E-state index is 15.3. The van der Waals surface area contributed by atoms with Gasteiger partial charge >= 0.3 is 6.01 Å². The average Bonchev–Trinajstić information content (AvgIpc) is 3.59. The number of methoxy groups -OCH3 is 1. The Labute approximate surface area is 209 Å². The zero-order chi connectivity index (χ0) is 25.0. The number of hydrogen-bond acceptors (Lipinski definition) is 8. The van der Waals surface area contributed by atoms with Crippen molar-refractivity contribution in [2.24, 2.45) is 0 Å². The number of likely N-dealkylation sites (tertiary alicyclic amines) is 1. The number of Topliss-reactive ketones (excluding diaryl/α,β-unsaturated/α-hetero) is 1. The van der Waals surface area contributed by atoms with E-state index in [9.17, 15) is 4.79 Å².